The number of nitrogens with two attached hydrogens (primary N) is 1. The maximum absolute atomic E-state index is 13.0. The van der Waals surface area contributed by atoms with Gasteiger partial charge in [0.25, 0.3) is 0 Å². The molecular formula is C14H14Cl2FNO. The van der Waals surface area contributed by atoms with E-state index < -0.39 is 11.9 Å². The first-order chi connectivity index (χ1) is 9.04. The summed E-state index contributed by atoms with van der Waals surface area (Å²) in [7, 11) is 0. The molecule has 0 heterocycles. The van der Waals surface area contributed by atoms with E-state index in [-0.39, 0.29) is 12.2 Å². The lowest BCUT2D eigenvalue weighted by Gasteiger charge is -2.09. The van der Waals surface area contributed by atoms with Crippen LogP contribution in [0.1, 0.15) is 11.6 Å². The molecule has 0 saturated carbocycles. The Labute approximate surface area is 121 Å². The third kappa shape index (κ3) is 5.57. The molecule has 0 saturated heterocycles. The van der Waals surface area contributed by atoms with Crippen molar-refractivity contribution in [3.63, 3.8) is 0 Å². The number of aliphatic hydroxyl groups excluding tert-OH is 1. The zero-order valence-electron chi connectivity index (χ0n) is 10.1. The van der Waals surface area contributed by atoms with Crippen LogP contribution in [-0.4, -0.2) is 11.7 Å². The maximum Gasteiger partial charge on any atom is 0.129 e. The summed E-state index contributed by atoms with van der Waals surface area (Å²) in [6, 6.07) is 12.9. The molecule has 1 atom stereocenters. The number of rotatable bonds is 2. The summed E-state index contributed by atoms with van der Waals surface area (Å²) in [6.45, 7) is -0.279. The van der Waals surface area contributed by atoms with Crippen molar-refractivity contribution in [1.82, 2.24) is 0 Å². The minimum absolute atomic E-state index is 0.279. The van der Waals surface area contributed by atoms with E-state index in [0.717, 1.165) is 5.02 Å². The summed E-state index contributed by atoms with van der Waals surface area (Å²) in [5, 5.41) is 9.77. The van der Waals surface area contributed by atoms with Gasteiger partial charge in [0.2, 0.25) is 0 Å². The maximum atomic E-state index is 13.0. The fourth-order valence-corrected chi connectivity index (χ4v) is 1.62. The standard InChI is InChI=1S/C8H9ClFNO.C6H5Cl/c9-5-1-2-6(7(10)3-5)8(11)4-12;7-6-4-2-1-3-5-6/h1-3,8,12H,4,11H2;1-5H. The Morgan fingerprint density at radius 1 is 1.05 bits per heavy atom. The molecule has 3 N–H and O–H groups in total. The third-order valence-electron chi connectivity index (χ3n) is 2.29. The van der Waals surface area contributed by atoms with Gasteiger partial charge in [-0.05, 0) is 24.3 Å². The molecule has 0 spiro atoms. The summed E-state index contributed by atoms with van der Waals surface area (Å²) < 4.78 is 13.0. The molecule has 1 unspecified atom stereocenters. The first-order valence-electron chi connectivity index (χ1n) is 5.56. The lowest BCUT2D eigenvalue weighted by atomic mass is 10.1. The average Bonchev–Trinajstić information content (AvgIpc) is 2.39. The van der Waals surface area contributed by atoms with Crippen LogP contribution in [0.25, 0.3) is 0 Å². The molecule has 0 aromatic heterocycles. The summed E-state index contributed by atoms with van der Waals surface area (Å²) in [5.41, 5.74) is 5.69. The molecule has 0 radical (unpaired) electrons. The molecule has 0 bridgehead atoms. The highest BCUT2D eigenvalue weighted by molar-refractivity contribution is 6.30. The predicted octanol–water partition coefficient (Wildman–Crippen LogP) is 3.81. The van der Waals surface area contributed by atoms with Gasteiger partial charge in [-0.3, -0.25) is 0 Å². The van der Waals surface area contributed by atoms with Gasteiger partial charge in [-0.2, -0.15) is 0 Å². The van der Waals surface area contributed by atoms with Crippen LogP contribution in [0.2, 0.25) is 10.0 Å². The Morgan fingerprint density at radius 3 is 2.11 bits per heavy atom. The second kappa shape index (κ2) is 8.12. The highest BCUT2D eigenvalue weighted by Crippen LogP contribution is 2.18. The first-order valence-corrected chi connectivity index (χ1v) is 6.32. The number of aliphatic hydroxyl groups is 1. The average molecular weight is 302 g/mol. The van der Waals surface area contributed by atoms with Gasteiger partial charge in [0, 0.05) is 15.6 Å². The van der Waals surface area contributed by atoms with Crippen molar-refractivity contribution in [3.05, 3.63) is 70.0 Å². The van der Waals surface area contributed by atoms with Crippen molar-refractivity contribution in [2.75, 3.05) is 6.61 Å². The van der Waals surface area contributed by atoms with Crippen LogP contribution < -0.4 is 5.73 Å². The topological polar surface area (TPSA) is 46.2 Å². The Morgan fingerprint density at radius 2 is 1.68 bits per heavy atom. The van der Waals surface area contributed by atoms with Crippen LogP contribution in [0, 0.1) is 5.82 Å². The van der Waals surface area contributed by atoms with Crippen LogP contribution in [0.15, 0.2) is 48.5 Å². The molecule has 19 heavy (non-hydrogen) atoms. The molecule has 0 fully saturated rings. The molecule has 102 valence electrons. The van der Waals surface area contributed by atoms with Gasteiger partial charge in [0.05, 0.1) is 12.6 Å². The smallest absolute Gasteiger partial charge is 0.129 e. The van der Waals surface area contributed by atoms with E-state index in [1.807, 2.05) is 30.3 Å². The van der Waals surface area contributed by atoms with Crippen LogP contribution in [0.3, 0.4) is 0 Å². The summed E-state index contributed by atoms with van der Waals surface area (Å²) in [4.78, 5) is 0. The van der Waals surface area contributed by atoms with Gasteiger partial charge in [-0.25, -0.2) is 4.39 Å². The van der Waals surface area contributed by atoms with Crippen molar-refractivity contribution in [1.29, 1.82) is 0 Å². The van der Waals surface area contributed by atoms with Gasteiger partial charge in [0.15, 0.2) is 0 Å². The van der Waals surface area contributed by atoms with Crippen molar-refractivity contribution in [2.24, 2.45) is 5.73 Å². The van der Waals surface area contributed by atoms with Crippen molar-refractivity contribution in [2.45, 2.75) is 6.04 Å². The van der Waals surface area contributed by atoms with Gasteiger partial charge < -0.3 is 10.8 Å². The van der Waals surface area contributed by atoms with E-state index >= 15 is 0 Å². The fraction of sp³-hybridized carbons (Fsp3) is 0.143. The van der Waals surface area contributed by atoms with Crippen LogP contribution >= 0.6 is 23.2 Å². The minimum Gasteiger partial charge on any atom is -0.394 e. The molecule has 0 amide bonds. The summed E-state index contributed by atoms with van der Waals surface area (Å²) in [6.07, 6.45) is 0. The molecule has 0 aliphatic heterocycles. The van der Waals surface area contributed by atoms with E-state index in [4.69, 9.17) is 34.0 Å². The fourth-order valence-electron chi connectivity index (χ4n) is 1.32. The number of halogens is 3. The van der Waals surface area contributed by atoms with Gasteiger partial charge in [0.1, 0.15) is 5.82 Å². The number of hydrogen-bond acceptors (Lipinski definition) is 2. The van der Waals surface area contributed by atoms with Crippen molar-refractivity contribution in [3.8, 4) is 0 Å². The monoisotopic (exact) mass is 301 g/mol. The van der Waals surface area contributed by atoms with E-state index in [1.54, 1.807) is 0 Å². The lowest BCUT2D eigenvalue weighted by molar-refractivity contribution is 0.265. The molecule has 5 heteroatoms. The van der Waals surface area contributed by atoms with Gasteiger partial charge in [-0.1, -0.05) is 47.5 Å². The third-order valence-corrected chi connectivity index (χ3v) is 2.78. The normalized spacial score (nSPS) is 11.4. The molecule has 2 aromatic rings. The summed E-state index contributed by atoms with van der Waals surface area (Å²) >= 11 is 11.1. The zero-order chi connectivity index (χ0) is 14.3. The number of hydrogen-bond donors (Lipinski definition) is 2. The van der Waals surface area contributed by atoms with Gasteiger partial charge >= 0.3 is 0 Å². The van der Waals surface area contributed by atoms with E-state index in [9.17, 15) is 4.39 Å². The minimum atomic E-state index is -0.678. The molecule has 2 rings (SSSR count). The van der Waals surface area contributed by atoms with Crippen LogP contribution in [0.5, 0.6) is 0 Å². The van der Waals surface area contributed by atoms with Crippen LogP contribution in [-0.2, 0) is 0 Å². The quantitative estimate of drug-likeness (QED) is 0.886. The van der Waals surface area contributed by atoms with Crippen LogP contribution in [0.4, 0.5) is 4.39 Å². The Balaban J connectivity index is 0.000000218. The SMILES string of the molecule is Clc1ccccc1.NC(CO)c1ccc(Cl)cc1F. The Hall–Kier alpha value is -1.13. The molecule has 0 aliphatic rings. The highest BCUT2D eigenvalue weighted by atomic mass is 35.5. The highest BCUT2D eigenvalue weighted by Gasteiger charge is 2.09. The predicted molar refractivity (Wildman–Crippen MR) is 76.9 cm³/mol. The zero-order valence-corrected chi connectivity index (χ0v) is 11.6. The molecule has 2 aromatic carbocycles. The Kier molecular flexibility index (Phi) is 6.81. The molecule has 2 nitrogen and oxygen atoms in total. The van der Waals surface area contributed by atoms with Crippen molar-refractivity contribution >= 4 is 23.2 Å². The second-order valence-electron chi connectivity index (χ2n) is 3.75. The van der Waals surface area contributed by atoms with E-state index in [2.05, 4.69) is 0 Å². The molecule has 0 aliphatic carbocycles. The van der Waals surface area contributed by atoms with Gasteiger partial charge in [-0.15, -0.1) is 0 Å². The van der Waals surface area contributed by atoms with Crippen molar-refractivity contribution < 1.29 is 9.50 Å². The largest absolute Gasteiger partial charge is 0.394 e. The first kappa shape index (κ1) is 15.9. The lowest BCUT2D eigenvalue weighted by Crippen LogP contribution is -2.15. The molecular weight excluding hydrogens is 288 g/mol. The number of benzene rings is 2. The second-order valence-corrected chi connectivity index (χ2v) is 4.62. The van der Waals surface area contributed by atoms with E-state index in [1.165, 1.54) is 18.2 Å². The Bertz CT molecular complexity index is 508. The van der Waals surface area contributed by atoms with E-state index in [0.29, 0.717) is 5.02 Å². The summed E-state index contributed by atoms with van der Waals surface area (Å²) in [5.74, 6) is -0.482.